The molecule has 2 rings (SSSR count). The average Bonchev–Trinajstić information content (AvgIpc) is 2.43. The summed E-state index contributed by atoms with van der Waals surface area (Å²) in [7, 11) is 1.87. The third-order valence-corrected chi connectivity index (χ3v) is 2.51. The molecule has 0 aliphatic rings. The van der Waals surface area contributed by atoms with Crippen LogP contribution >= 0.6 is 11.6 Å². The molecule has 3 heteroatoms. The summed E-state index contributed by atoms with van der Waals surface area (Å²) in [5.74, 6) is 0. The third kappa shape index (κ3) is 1.23. The summed E-state index contributed by atoms with van der Waals surface area (Å²) in [5.41, 5.74) is 1.65. The number of hydrogen-bond donors (Lipinski definition) is 0. The quantitative estimate of drug-likeness (QED) is 0.639. The number of carbonyl (C=O) groups is 1. The minimum absolute atomic E-state index is 0.672. The molecule has 2 nitrogen and oxygen atoms in total. The van der Waals surface area contributed by atoms with E-state index in [-0.39, 0.29) is 0 Å². The maximum Gasteiger partial charge on any atom is 0.150 e. The summed E-state index contributed by atoms with van der Waals surface area (Å²) >= 11 is 5.92. The molecule has 1 aromatic carbocycles. The second kappa shape index (κ2) is 2.89. The Hall–Kier alpha value is -1.28. The Balaban J connectivity index is 2.81. The largest absolute Gasteiger partial charge is 0.335 e. The van der Waals surface area contributed by atoms with Crippen molar-refractivity contribution in [1.29, 1.82) is 0 Å². The molecule has 0 spiro atoms. The number of halogens is 1. The maximum atomic E-state index is 10.5. The van der Waals surface area contributed by atoms with Crippen LogP contribution in [0.4, 0.5) is 0 Å². The van der Waals surface area contributed by atoms with Gasteiger partial charge in [0.15, 0.2) is 0 Å². The molecule has 0 aliphatic carbocycles. The first kappa shape index (κ1) is 8.32. The Morgan fingerprint density at radius 3 is 2.85 bits per heavy atom. The summed E-state index contributed by atoms with van der Waals surface area (Å²) in [5, 5.41) is 1.73. The van der Waals surface area contributed by atoms with Crippen molar-refractivity contribution < 1.29 is 4.79 Å². The van der Waals surface area contributed by atoms with E-state index in [1.54, 1.807) is 6.07 Å². The molecule has 0 saturated carbocycles. The molecule has 2 aromatic rings. The average molecular weight is 194 g/mol. The van der Waals surface area contributed by atoms with E-state index in [0.717, 1.165) is 17.2 Å². The molecule has 0 saturated heterocycles. The van der Waals surface area contributed by atoms with Crippen LogP contribution in [-0.4, -0.2) is 10.9 Å². The van der Waals surface area contributed by atoms with E-state index in [1.165, 1.54) is 0 Å². The minimum Gasteiger partial charge on any atom is -0.335 e. The van der Waals surface area contributed by atoms with Crippen LogP contribution in [0.2, 0.25) is 5.15 Å². The van der Waals surface area contributed by atoms with Crippen LogP contribution in [0.1, 0.15) is 10.4 Å². The predicted octanol–water partition coefficient (Wildman–Crippen LogP) is 2.64. The fourth-order valence-corrected chi connectivity index (χ4v) is 1.60. The normalized spacial score (nSPS) is 10.6. The monoisotopic (exact) mass is 193 g/mol. The highest BCUT2D eigenvalue weighted by Gasteiger charge is 2.03. The van der Waals surface area contributed by atoms with Crippen LogP contribution in [0.15, 0.2) is 24.3 Å². The highest BCUT2D eigenvalue weighted by molar-refractivity contribution is 6.30. The molecular formula is C10H8ClNO. The van der Waals surface area contributed by atoms with Crippen molar-refractivity contribution in [2.75, 3.05) is 0 Å². The second-order valence-electron chi connectivity index (χ2n) is 2.96. The number of carbonyl (C=O) groups excluding carboxylic acids is 1. The summed E-state index contributed by atoms with van der Waals surface area (Å²) in [4.78, 5) is 10.5. The van der Waals surface area contributed by atoms with Gasteiger partial charge in [-0.3, -0.25) is 4.79 Å². The van der Waals surface area contributed by atoms with Gasteiger partial charge in [-0.2, -0.15) is 0 Å². The molecule has 66 valence electrons. The van der Waals surface area contributed by atoms with Gasteiger partial charge < -0.3 is 4.57 Å². The van der Waals surface area contributed by atoms with Gasteiger partial charge in [0.05, 0.1) is 0 Å². The van der Waals surface area contributed by atoms with Gasteiger partial charge in [0, 0.05) is 23.5 Å². The van der Waals surface area contributed by atoms with Crippen molar-refractivity contribution in [2.45, 2.75) is 0 Å². The van der Waals surface area contributed by atoms with Crippen LogP contribution in [0, 0.1) is 0 Å². The molecule has 0 unspecified atom stereocenters. The van der Waals surface area contributed by atoms with Crippen molar-refractivity contribution in [3.63, 3.8) is 0 Å². The van der Waals surface area contributed by atoms with Gasteiger partial charge in [-0.15, -0.1) is 0 Å². The first-order valence-corrected chi connectivity index (χ1v) is 4.30. The van der Waals surface area contributed by atoms with Crippen LogP contribution in [-0.2, 0) is 7.05 Å². The van der Waals surface area contributed by atoms with Crippen molar-refractivity contribution >= 4 is 28.8 Å². The molecule has 0 radical (unpaired) electrons. The summed E-state index contributed by atoms with van der Waals surface area (Å²) in [6.07, 6.45) is 0.834. The number of hydrogen-bond acceptors (Lipinski definition) is 1. The van der Waals surface area contributed by atoms with Crippen molar-refractivity contribution in [1.82, 2.24) is 4.57 Å². The predicted molar refractivity (Wildman–Crippen MR) is 53.3 cm³/mol. The molecule has 0 amide bonds. The van der Waals surface area contributed by atoms with Crippen LogP contribution in [0.5, 0.6) is 0 Å². The number of aryl methyl sites for hydroxylation is 1. The van der Waals surface area contributed by atoms with E-state index in [1.807, 2.05) is 29.8 Å². The zero-order valence-corrected chi connectivity index (χ0v) is 7.88. The SMILES string of the molecule is Cn1c(Cl)cc2ccc(C=O)cc21. The molecule has 0 bridgehead atoms. The first-order chi connectivity index (χ1) is 6.22. The molecule has 1 aromatic heterocycles. The van der Waals surface area contributed by atoms with E-state index in [2.05, 4.69) is 0 Å². The first-order valence-electron chi connectivity index (χ1n) is 3.92. The number of aldehydes is 1. The number of rotatable bonds is 1. The highest BCUT2D eigenvalue weighted by atomic mass is 35.5. The molecule has 13 heavy (non-hydrogen) atoms. The van der Waals surface area contributed by atoms with Gasteiger partial charge >= 0.3 is 0 Å². The van der Waals surface area contributed by atoms with Crippen LogP contribution in [0.25, 0.3) is 10.9 Å². The molecule has 0 atom stereocenters. The Bertz CT molecular complexity index is 473. The Kier molecular flexibility index (Phi) is 1.85. The smallest absolute Gasteiger partial charge is 0.150 e. The van der Waals surface area contributed by atoms with Gasteiger partial charge in [0.2, 0.25) is 0 Å². The maximum absolute atomic E-state index is 10.5. The highest BCUT2D eigenvalue weighted by Crippen LogP contribution is 2.22. The summed E-state index contributed by atoms with van der Waals surface area (Å²) in [6, 6.07) is 7.39. The summed E-state index contributed by atoms with van der Waals surface area (Å²) < 4.78 is 1.85. The van der Waals surface area contributed by atoms with Gasteiger partial charge in [-0.05, 0) is 12.1 Å². The fraction of sp³-hybridized carbons (Fsp3) is 0.100. The lowest BCUT2D eigenvalue weighted by molar-refractivity contribution is 0.112. The van der Waals surface area contributed by atoms with Gasteiger partial charge in [-0.1, -0.05) is 23.7 Å². The van der Waals surface area contributed by atoms with Crippen LogP contribution < -0.4 is 0 Å². The van der Waals surface area contributed by atoms with Gasteiger partial charge in [0.1, 0.15) is 11.4 Å². The minimum atomic E-state index is 0.672. The molecule has 1 heterocycles. The molecule has 0 aliphatic heterocycles. The Morgan fingerprint density at radius 2 is 2.15 bits per heavy atom. The summed E-state index contributed by atoms with van der Waals surface area (Å²) in [6.45, 7) is 0. The van der Waals surface area contributed by atoms with E-state index in [0.29, 0.717) is 10.7 Å². The Labute approximate surface area is 80.7 Å². The van der Waals surface area contributed by atoms with Crippen molar-refractivity contribution in [3.05, 3.63) is 35.0 Å². The van der Waals surface area contributed by atoms with Crippen molar-refractivity contribution in [2.24, 2.45) is 7.05 Å². The van der Waals surface area contributed by atoms with E-state index in [4.69, 9.17) is 11.6 Å². The van der Waals surface area contributed by atoms with Crippen molar-refractivity contribution in [3.8, 4) is 0 Å². The standard InChI is InChI=1S/C10H8ClNO/c1-12-9-4-7(6-13)2-3-8(9)5-10(12)11/h2-6H,1H3. The van der Waals surface area contributed by atoms with E-state index >= 15 is 0 Å². The topological polar surface area (TPSA) is 22.0 Å². The van der Waals surface area contributed by atoms with Gasteiger partial charge in [-0.25, -0.2) is 0 Å². The molecule has 0 N–H and O–H groups in total. The van der Waals surface area contributed by atoms with Gasteiger partial charge in [0.25, 0.3) is 0 Å². The number of fused-ring (bicyclic) bond motifs is 1. The van der Waals surface area contributed by atoms with E-state index < -0.39 is 0 Å². The third-order valence-electron chi connectivity index (χ3n) is 2.15. The lowest BCUT2D eigenvalue weighted by Crippen LogP contribution is -1.87. The van der Waals surface area contributed by atoms with Crippen LogP contribution in [0.3, 0.4) is 0 Å². The zero-order chi connectivity index (χ0) is 9.42. The molecular weight excluding hydrogens is 186 g/mol. The second-order valence-corrected chi connectivity index (χ2v) is 3.35. The van der Waals surface area contributed by atoms with E-state index in [9.17, 15) is 4.79 Å². The number of nitrogens with zero attached hydrogens (tertiary/aromatic N) is 1. The zero-order valence-electron chi connectivity index (χ0n) is 7.12. The lowest BCUT2D eigenvalue weighted by Gasteiger charge is -1.97. The Morgan fingerprint density at radius 1 is 1.38 bits per heavy atom. The lowest BCUT2D eigenvalue weighted by atomic mass is 10.2. The number of benzene rings is 1. The molecule has 0 fully saturated rings. The fourth-order valence-electron chi connectivity index (χ4n) is 1.39. The number of aromatic nitrogens is 1.